The van der Waals surface area contributed by atoms with Crippen LogP contribution in [0.15, 0.2) is 69.1 Å². The fourth-order valence-electron chi connectivity index (χ4n) is 2.96. The summed E-state index contributed by atoms with van der Waals surface area (Å²) in [5, 5.41) is 21.0. The summed E-state index contributed by atoms with van der Waals surface area (Å²) < 4.78 is 5.77. The number of hydrogen-bond donors (Lipinski definition) is 2. The Balaban J connectivity index is 1.62. The number of hydrogen-bond acceptors (Lipinski definition) is 6. The molecule has 0 saturated carbocycles. The van der Waals surface area contributed by atoms with E-state index < -0.39 is 10.9 Å². The first-order valence-corrected chi connectivity index (χ1v) is 9.65. The molecule has 0 aliphatic carbocycles. The third-order valence-electron chi connectivity index (χ3n) is 4.37. The Hall–Kier alpha value is -3.85. The first-order chi connectivity index (χ1) is 14.4. The highest BCUT2D eigenvalue weighted by Gasteiger charge is 2.16. The number of aliphatic carboxylic acids is 1. The lowest BCUT2D eigenvalue weighted by Crippen LogP contribution is -1.96. The summed E-state index contributed by atoms with van der Waals surface area (Å²) in [7, 11) is 0. The van der Waals surface area contributed by atoms with E-state index >= 15 is 0 Å². The Labute approximate surface area is 174 Å². The molecule has 2 aromatic heterocycles. The summed E-state index contributed by atoms with van der Waals surface area (Å²) in [6, 6.07) is 15.3. The van der Waals surface area contributed by atoms with Crippen LogP contribution in [0.3, 0.4) is 0 Å². The maximum absolute atomic E-state index is 11.7. The second kappa shape index (κ2) is 7.88. The van der Waals surface area contributed by atoms with E-state index in [1.807, 2.05) is 24.3 Å². The van der Waals surface area contributed by atoms with Crippen LogP contribution < -0.4 is 0 Å². The number of aryl methyl sites for hydroxylation is 1. The van der Waals surface area contributed by atoms with Gasteiger partial charge in [0.1, 0.15) is 16.4 Å². The summed E-state index contributed by atoms with van der Waals surface area (Å²) in [6.45, 7) is 1.75. The van der Waals surface area contributed by atoms with Gasteiger partial charge in [0.25, 0.3) is 5.69 Å². The number of non-ortho nitro benzene ring substituents is 1. The van der Waals surface area contributed by atoms with Crippen LogP contribution in [0.25, 0.3) is 28.4 Å². The standard InChI is InChI=1S/C21H15N3O5S/c1-12-10-13(24(27)28)6-8-15(12)18-9-7-14(29-18)11-19(20(25)26)30-21-22-16-4-2-3-5-17(16)23-21/h2-11H,1H3,(H,22,23)(H,25,26)/b19-11-. The number of carbonyl (C=O) groups is 1. The average Bonchev–Trinajstić information content (AvgIpc) is 3.33. The summed E-state index contributed by atoms with van der Waals surface area (Å²) in [6.07, 6.45) is 1.42. The van der Waals surface area contributed by atoms with Crippen molar-refractivity contribution in [1.29, 1.82) is 0 Å². The van der Waals surface area contributed by atoms with Crippen molar-refractivity contribution in [2.45, 2.75) is 12.1 Å². The van der Waals surface area contributed by atoms with E-state index in [2.05, 4.69) is 9.97 Å². The van der Waals surface area contributed by atoms with Crippen molar-refractivity contribution in [3.05, 3.63) is 80.9 Å². The molecule has 0 spiro atoms. The van der Waals surface area contributed by atoms with Crippen LogP contribution in [-0.2, 0) is 4.79 Å². The van der Waals surface area contributed by atoms with Gasteiger partial charge in [-0.15, -0.1) is 0 Å². The quantitative estimate of drug-likeness (QED) is 0.188. The number of nitrogens with one attached hydrogen (secondary N) is 1. The number of nitro groups is 1. The molecule has 0 amide bonds. The topological polar surface area (TPSA) is 122 Å². The number of H-pyrrole nitrogens is 1. The van der Waals surface area contributed by atoms with Gasteiger partial charge in [-0.25, -0.2) is 9.78 Å². The Kier molecular flexibility index (Phi) is 5.11. The number of rotatable bonds is 6. The fourth-order valence-corrected chi connectivity index (χ4v) is 3.73. The predicted molar refractivity (Wildman–Crippen MR) is 113 cm³/mol. The molecule has 150 valence electrons. The highest BCUT2D eigenvalue weighted by Crippen LogP contribution is 2.32. The van der Waals surface area contributed by atoms with E-state index in [-0.39, 0.29) is 10.6 Å². The molecule has 0 radical (unpaired) electrons. The maximum atomic E-state index is 11.7. The zero-order valence-electron chi connectivity index (χ0n) is 15.7. The number of carboxylic acid groups (broad SMARTS) is 1. The molecule has 30 heavy (non-hydrogen) atoms. The second-order valence-electron chi connectivity index (χ2n) is 6.43. The van der Waals surface area contributed by atoms with Crippen molar-refractivity contribution in [2.24, 2.45) is 0 Å². The molecule has 4 aromatic rings. The smallest absolute Gasteiger partial charge is 0.342 e. The molecule has 0 unspecified atom stereocenters. The average molecular weight is 421 g/mol. The minimum atomic E-state index is -1.11. The van der Waals surface area contributed by atoms with E-state index in [9.17, 15) is 20.0 Å². The van der Waals surface area contributed by atoms with E-state index in [0.29, 0.717) is 27.8 Å². The number of benzene rings is 2. The molecule has 8 nitrogen and oxygen atoms in total. The molecule has 0 bridgehead atoms. The Morgan fingerprint density at radius 1 is 1.23 bits per heavy atom. The molecule has 2 heterocycles. The van der Waals surface area contributed by atoms with E-state index in [1.165, 1.54) is 18.2 Å². The van der Waals surface area contributed by atoms with Gasteiger partial charge >= 0.3 is 5.97 Å². The maximum Gasteiger partial charge on any atom is 0.342 e. The number of fused-ring (bicyclic) bond motifs is 1. The van der Waals surface area contributed by atoms with Gasteiger partial charge in [-0.3, -0.25) is 10.1 Å². The summed E-state index contributed by atoms with van der Waals surface area (Å²) >= 11 is 0.991. The van der Waals surface area contributed by atoms with Gasteiger partial charge in [-0.1, -0.05) is 12.1 Å². The van der Waals surface area contributed by atoms with Crippen molar-refractivity contribution < 1.29 is 19.2 Å². The molecule has 0 aliphatic heterocycles. The first-order valence-electron chi connectivity index (χ1n) is 8.83. The van der Waals surface area contributed by atoms with Crippen LogP contribution in [0.5, 0.6) is 0 Å². The minimum Gasteiger partial charge on any atom is -0.477 e. The molecule has 0 fully saturated rings. The molecular formula is C21H15N3O5S. The number of para-hydroxylation sites is 2. The van der Waals surface area contributed by atoms with Crippen LogP contribution in [0, 0.1) is 17.0 Å². The Morgan fingerprint density at radius 3 is 2.73 bits per heavy atom. The number of thioether (sulfide) groups is 1. The molecule has 0 aliphatic rings. The van der Waals surface area contributed by atoms with Crippen LogP contribution >= 0.6 is 11.8 Å². The molecule has 0 atom stereocenters. The highest BCUT2D eigenvalue weighted by molar-refractivity contribution is 8.04. The first kappa shape index (κ1) is 19.5. The Morgan fingerprint density at radius 2 is 2.03 bits per heavy atom. The molecular weight excluding hydrogens is 406 g/mol. The number of imidazole rings is 1. The molecule has 2 N–H and O–H groups in total. The third-order valence-corrected chi connectivity index (χ3v) is 5.27. The minimum absolute atomic E-state index is 0.00155. The van der Waals surface area contributed by atoms with Gasteiger partial charge in [0.05, 0.1) is 16.0 Å². The number of nitro benzene ring substituents is 1. The Bertz CT molecular complexity index is 1270. The molecule has 4 rings (SSSR count). The van der Waals surface area contributed by atoms with Crippen molar-refractivity contribution in [1.82, 2.24) is 9.97 Å². The number of furan rings is 1. The predicted octanol–water partition coefficient (Wildman–Crippen LogP) is 5.26. The largest absolute Gasteiger partial charge is 0.477 e. The number of aromatic amines is 1. The molecule has 0 saturated heterocycles. The monoisotopic (exact) mass is 421 g/mol. The van der Waals surface area contributed by atoms with Crippen LogP contribution in [0.2, 0.25) is 0 Å². The lowest BCUT2D eigenvalue weighted by Gasteiger charge is -2.02. The summed E-state index contributed by atoms with van der Waals surface area (Å²) in [4.78, 5) is 29.7. The number of carboxylic acids is 1. The van der Waals surface area contributed by atoms with Gasteiger partial charge in [-0.2, -0.15) is 0 Å². The zero-order valence-corrected chi connectivity index (χ0v) is 16.5. The van der Waals surface area contributed by atoms with Crippen molar-refractivity contribution in [2.75, 3.05) is 0 Å². The van der Waals surface area contributed by atoms with E-state index in [1.54, 1.807) is 25.1 Å². The van der Waals surface area contributed by atoms with Crippen LogP contribution in [-0.4, -0.2) is 26.0 Å². The number of nitrogens with zero attached hydrogens (tertiary/aromatic N) is 2. The van der Waals surface area contributed by atoms with Gasteiger partial charge in [0, 0.05) is 23.8 Å². The van der Waals surface area contributed by atoms with Gasteiger partial charge < -0.3 is 14.5 Å². The van der Waals surface area contributed by atoms with Crippen LogP contribution in [0.1, 0.15) is 11.3 Å². The van der Waals surface area contributed by atoms with Crippen LogP contribution in [0.4, 0.5) is 5.69 Å². The van der Waals surface area contributed by atoms with Crippen molar-refractivity contribution in [3.63, 3.8) is 0 Å². The van der Waals surface area contributed by atoms with Gasteiger partial charge in [-0.05, 0) is 54.6 Å². The summed E-state index contributed by atoms with van der Waals surface area (Å²) in [5.41, 5.74) is 2.95. The lowest BCUT2D eigenvalue weighted by atomic mass is 10.1. The fraction of sp³-hybridized carbons (Fsp3) is 0.0476. The van der Waals surface area contributed by atoms with Gasteiger partial charge in [0.2, 0.25) is 0 Å². The van der Waals surface area contributed by atoms with Crippen molar-refractivity contribution >= 4 is 40.5 Å². The third kappa shape index (κ3) is 3.96. The molecule has 2 aromatic carbocycles. The SMILES string of the molecule is Cc1cc([N+](=O)[O-])ccc1-c1ccc(/C=C(\Sc2nc3ccccc3[nH]2)C(=O)O)o1. The summed E-state index contributed by atoms with van der Waals surface area (Å²) in [5.74, 6) is -0.263. The van der Waals surface area contributed by atoms with Crippen molar-refractivity contribution in [3.8, 4) is 11.3 Å². The molecule has 9 heteroatoms. The zero-order chi connectivity index (χ0) is 21.3. The van der Waals surface area contributed by atoms with E-state index in [4.69, 9.17) is 4.42 Å². The number of aromatic nitrogens is 2. The lowest BCUT2D eigenvalue weighted by molar-refractivity contribution is -0.384. The normalized spacial score (nSPS) is 11.7. The highest BCUT2D eigenvalue weighted by atomic mass is 32.2. The van der Waals surface area contributed by atoms with Gasteiger partial charge in [0.15, 0.2) is 5.16 Å². The van der Waals surface area contributed by atoms with E-state index in [0.717, 1.165) is 22.8 Å². The second-order valence-corrected chi connectivity index (χ2v) is 7.46.